The number of cyclic esters (lactones) is 1. The van der Waals surface area contributed by atoms with Gasteiger partial charge >= 0.3 is 6.09 Å². The van der Waals surface area contributed by atoms with Crippen LogP contribution in [0.5, 0.6) is 5.75 Å². The van der Waals surface area contributed by atoms with Gasteiger partial charge in [-0.15, -0.1) is 0 Å². The van der Waals surface area contributed by atoms with Crippen molar-refractivity contribution >= 4 is 27.8 Å². The van der Waals surface area contributed by atoms with Gasteiger partial charge in [-0.3, -0.25) is 4.90 Å². The molecule has 1 aromatic carbocycles. The number of fused-ring (bicyclic) bond motifs is 3. The number of rotatable bonds is 2. The molecule has 1 aromatic heterocycles. The average molecular weight is 382 g/mol. The Balaban J connectivity index is 1.80. The van der Waals surface area contributed by atoms with Crippen LogP contribution in [-0.2, 0) is 11.3 Å². The van der Waals surface area contributed by atoms with E-state index < -0.39 is 18.8 Å². The number of carbonyl (C=O) groups is 1. The number of hydrogen-bond donors (Lipinski definition) is 0. The molecule has 1 amide bonds. The molecule has 1 saturated heterocycles. The van der Waals surface area contributed by atoms with Gasteiger partial charge in [-0.2, -0.15) is 0 Å². The molecular weight excluding hydrogens is 369 g/mol. The fraction of sp³-hybridized carbons (Fsp3) is 0.333. The van der Waals surface area contributed by atoms with E-state index in [0.29, 0.717) is 24.8 Å². The maximum absolute atomic E-state index is 13.1. The smallest absolute Gasteiger partial charge is 0.416 e. The predicted octanol–water partition coefficient (Wildman–Crippen LogP) is 3.00. The van der Waals surface area contributed by atoms with E-state index in [0.717, 1.165) is 15.8 Å². The van der Waals surface area contributed by atoms with Gasteiger partial charge in [0.05, 0.1) is 12.1 Å². The van der Waals surface area contributed by atoms with E-state index in [1.165, 1.54) is 4.90 Å². The Bertz CT molecular complexity index is 779. The summed E-state index contributed by atoms with van der Waals surface area (Å²) in [5.74, 6) is 1.82. The summed E-state index contributed by atoms with van der Waals surface area (Å²) in [5.41, 5.74) is 0.835. The van der Waals surface area contributed by atoms with Crippen molar-refractivity contribution in [3.8, 4) is 17.1 Å². The van der Waals surface area contributed by atoms with E-state index in [2.05, 4.69) is 20.9 Å². The van der Waals surface area contributed by atoms with Crippen molar-refractivity contribution in [2.75, 3.05) is 24.8 Å². The molecular formula is C15H13BrFN3O3. The number of anilines is 1. The van der Waals surface area contributed by atoms with Crippen molar-refractivity contribution in [2.24, 2.45) is 0 Å². The van der Waals surface area contributed by atoms with Crippen LogP contribution in [0.4, 0.5) is 15.0 Å². The highest BCUT2D eigenvalue weighted by Gasteiger charge is 2.36. The van der Waals surface area contributed by atoms with Gasteiger partial charge in [0.15, 0.2) is 5.82 Å². The number of hydrogen-bond acceptors (Lipinski definition) is 4. The molecule has 1 atom stereocenters. The number of carbonyl (C=O) groups excluding carboxylic acids is 1. The van der Waals surface area contributed by atoms with Gasteiger partial charge in [-0.25, -0.2) is 14.2 Å². The predicted molar refractivity (Wildman–Crippen MR) is 84.4 cm³/mol. The third kappa shape index (κ3) is 2.37. The first-order valence-corrected chi connectivity index (χ1v) is 7.98. The Morgan fingerprint density at radius 2 is 2.26 bits per heavy atom. The van der Waals surface area contributed by atoms with Crippen LogP contribution in [0.1, 0.15) is 0 Å². The maximum atomic E-state index is 13.1. The second kappa shape index (κ2) is 5.52. The van der Waals surface area contributed by atoms with E-state index >= 15 is 0 Å². The van der Waals surface area contributed by atoms with Crippen molar-refractivity contribution < 1.29 is 18.7 Å². The molecule has 2 aliphatic heterocycles. The van der Waals surface area contributed by atoms with Crippen molar-refractivity contribution in [1.82, 2.24) is 9.55 Å². The summed E-state index contributed by atoms with van der Waals surface area (Å²) in [6.45, 7) is 0.464. The lowest BCUT2D eigenvalue weighted by molar-refractivity contribution is 0.177. The van der Waals surface area contributed by atoms with Crippen LogP contribution in [0, 0.1) is 0 Å². The maximum Gasteiger partial charge on any atom is 0.416 e. The lowest BCUT2D eigenvalue weighted by Crippen LogP contribution is -2.35. The number of imidazole rings is 1. The van der Waals surface area contributed by atoms with E-state index in [1.807, 2.05) is 22.8 Å². The van der Waals surface area contributed by atoms with Crippen LogP contribution in [0.15, 0.2) is 28.9 Å². The molecule has 3 heterocycles. The molecule has 0 radical (unpaired) electrons. The van der Waals surface area contributed by atoms with Gasteiger partial charge in [0.1, 0.15) is 37.5 Å². The summed E-state index contributed by atoms with van der Waals surface area (Å²) in [4.78, 5) is 17.7. The van der Waals surface area contributed by atoms with Gasteiger partial charge in [-0.05, 0) is 18.2 Å². The Kier molecular flexibility index (Phi) is 3.48. The fourth-order valence-electron chi connectivity index (χ4n) is 2.81. The van der Waals surface area contributed by atoms with Crippen molar-refractivity contribution in [3.63, 3.8) is 0 Å². The van der Waals surface area contributed by atoms with E-state index in [1.54, 1.807) is 6.20 Å². The Hall–Kier alpha value is -2.09. The number of halogens is 2. The lowest BCUT2D eigenvalue weighted by Gasteiger charge is -2.15. The molecule has 0 bridgehead atoms. The summed E-state index contributed by atoms with van der Waals surface area (Å²) in [7, 11) is 0. The van der Waals surface area contributed by atoms with Crippen LogP contribution in [0.2, 0.25) is 0 Å². The Morgan fingerprint density at radius 1 is 1.39 bits per heavy atom. The molecule has 0 aliphatic carbocycles. The molecule has 0 N–H and O–H groups in total. The number of nitrogens with zero attached hydrogens (tertiary/aromatic N) is 3. The molecule has 0 spiro atoms. The Morgan fingerprint density at radius 3 is 3.09 bits per heavy atom. The van der Waals surface area contributed by atoms with Gasteiger partial charge in [0, 0.05) is 10.7 Å². The standard InChI is InChI=1S/C15H13BrFN3O3/c16-9-1-2-11-12(5-9)22-4-3-19-7-13(18-14(11)19)20-10(6-17)8-23-15(20)21/h1-2,5,7,10H,3-4,6,8H2. The highest BCUT2D eigenvalue weighted by Crippen LogP contribution is 2.36. The molecule has 120 valence electrons. The van der Waals surface area contributed by atoms with Gasteiger partial charge in [-0.1, -0.05) is 15.9 Å². The third-order valence-corrected chi connectivity index (χ3v) is 4.42. The summed E-state index contributed by atoms with van der Waals surface area (Å²) < 4.78 is 26.6. The number of amides is 1. The third-order valence-electron chi connectivity index (χ3n) is 3.92. The SMILES string of the molecule is O=C1OCC(CF)N1c1cn2c(n1)-c1ccc(Br)cc1OCC2. The van der Waals surface area contributed by atoms with E-state index in [4.69, 9.17) is 9.47 Å². The zero-order valence-electron chi connectivity index (χ0n) is 12.0. The van der Waals surface area contributed by atoms with Crippen molar-refractivity contribution in [3.05, 3.63) is 28.9 Å². The number of aromatic nitrogens is 2. The molecule has 2 aliphatic rings. The van der Waals surface area contributed by atoms with E-state index in [-0.39, 0.29) is 6.61 Å². The quantitative estimate of drug-likeness (QED) is 0.802. The van der Waals surface area contributed by atoms with Crippen LogP contribution in [0.25, 0.3) is 11.4 Å². The van der Waals surface area contributed by atoms with Crippen LogP contribution in [0.3, 0.4) is 0 Å². The van der Waals surface area contributed by atoms with Crippen molar-refractivity contribution in [2.45, 2.75) is 12.6 Å². The first kappa shape index (κ1) is 14.5. The zero-order chi connectivity index (χ0) is 16.0. The highest BCUT2D eigenvalue weighted by molar-refractivity contribution is 9.10. The number of ether oxygens (including phenoxy) is 2. The minimum Gasteiger partial charge on any atom is -0.491 e. The second-order valence-corrected chi connectivity index (χ2v) is 6.28. The van der Waals surface area contributed by atoms with Crippen LogP contribution in [-0.4, -0.2) is 41.6 Å². The minimum absolute atomic E-state index is 0.0458. The molecule has 6 nitrogen and oxygen atoms in total. The first-order valence-electron chi connectivity index (χ1n) is 7.19. The summed E-state index contributed by atoms with van der Waals surface area (Å²) in [5, 5.41) is 0. The molecule has 1 fully saturated rings. The van der Waals surface area contributed by atoms with Crippen LogP contribution >= 0.6 is 15.9 Å². The highest BCUT2D eigenvalue weighted by atomic mass is 79.9. The van der Waals surface area contributed by atoms with E-state index in [9.17, 15) is 9.18 Å². The van der Waals surface area contributed by atoms with Crippen LogP contribution < -0.4 is 9.64 Å². The topological polar surface area (TPSA) is 56.6 Å². The number of benzene rings is 1. The summed E-state index contributed by atoms with van der Waals surface area (Å²) in [6.07, 6.45) is 1.18. The van der Waals surface area contributed by atoms with Gasteiger partial charge < -0.3 is 14.0 Å². The first-order chi connectivity index (χ1) is 11.2. The van der Waals surface area contributed by atoms with Gasteiger partial charge in [0.2, 0.25) is 0 Å². The summed E-state index contributed by atoms with van der Waals surface area (Å²) >= 11 is 3.42. The van der Waals surface area contributed by atoms with Crippen molar-refractivity contribution in [1.29, 1.82) is 0 Å². The normalized spacial score (nSPS) is 19.7. The molecule has 4 rings (SSSR count). The molecule has 0 saturated carbocycles. The molecule has 8 heteroatoms. The average Bonchev–Trinajstić information content (AvgIpc) is 3.06. The molecule has 23 heavy (non-hydrogen) atoms. The minimum atomic E-state index is -0.666. The molecule has 1 unspecified atom stereocenters. The number of alkyl halides is 1. The largest absolute Gasteiger partial charge is 0.491 e. The zero-order valence-corrected chi connectivity index (χ0v) is 13.6. The summed E-state index contributed by atoms with van der Waals surface area (Å²) in [6, 6.07) is 5.07. The monoisotopic (exact) mass is 381 g/mol. The van der Waals surface area contributed by atoms with Gasteiger partial charge in [0.25, 0.3) is 0 Å². The lowest BCUT2D eigenvalue weighted by atomic mass is 10.2. The fourth-order valence-corrected chi connectivity index (χ4v) is 3.15. The Labute approximate surface area is 139 Å². The molecule has 2 aromatic rings. The second-order valence-electron chi connectivity index (χ2n) is 5.36.